The predicted octanol–water partition coefficient (Wildman–Crippen LogP) is 2.61. The molecular weight excluding hydrogens is 306 g/mol. The average Bonchev–Trinajstić information content (AvgIpc) is 3.17. The summed E-state index contributed by atoms with van der Waals surface area (Å²) in [6.07, 6.45) is -0.0391. The molecule has 21 heavy (non-hydrogen) atoms. The van der Waals surface area contributed by atoms with Crippen molar-refractivity contribution < 1.29 is 9.90 Å². The molecule has 0 aliphatic heterocycles. The molecule has 1 unspecified atom stereocenters. The van der Waals surface area contributed by atoms with Gasteiger partial charge in [-0.1, -0.05) is 6.07 Å². The van der Waals surface area contributed by atoms with Crippen molar-refractivity contribution in [1.29, 1.82) is 0 Å². The van der Waals surface area contributed by atoms with E-state index in [1.54, 1.807) is 18.2 Å². The third-order valence-electron chi connectivity index (χ3n) is 3.09. The van der Waals surface area contributed by atoms with Gasteiger partial charge >= 0.3 is 0 Å². The summed E-state index contributed by atoms with van der Waals surface area (Å²) >= 11 is 2.64. The van der Waals surface area contributed by atoms with Gasteiger partial charge in [0.15, 0.2) is 0 Å². The second kappa shape index (κ2) is 6.30. The van der Waals surface area contributed by atoms with Crippen molar-refractivity contribution in [2.45, 2.75) is 12.5 Å². The number of aliphatic hydroxyl groups excluding tert-OH is 1. The lowest BCUT2D eigenvalue weighted by Crippen LogP contribution is -2.25. The summed E-state index contributed by atoms with van der Waals surface area (Å²) < 4.78 is 8.22. The molecule has 5 nitrogen and oxygen atoms in total. The van der Waals surface area contributed by atoms with E-state index in [2.05, 4.69) is 14.1 Å². The molecule has 0 aliphatic rings. The standard InChI is InChI=1S/C14H13N3O2S2/c18-12(13-2-1-7-20-13)5-6-15-14(19)9-3-4-10-11(8-9)17-21-16-10/h1-4,7-8,12,18H,5-6H2,(H,15,19). The quantitative estimate of drug-likeness (QED) is 0.758. The minimum absolute atomic E-state index is 0.164. The second-order valence-corrected chi connectivity index (χ2v) is 6.05. The SMILES string of the molecule is O=C(NCCC(O)c1cccs1)c1ccc2nsnc2c1. The lowest BCUT2D eigenvalue weighted by Gasteiger charge is -2.09. The number of aliphatic hydroxyl groups is 1. The summed E-state index contributed by atoms with van der Waals surface area (Å²) in [7, 11) is 0. The molecular formula is C14H13N3O2S2. The molecule has 0 saturated carbocycles. The maximum atomic E-state index is 12.0. The Labute approximate surface area is 129 Å². The summed E-state index contributed by atoms with van der Waals surface area (Å²) in [5.41, 5.74) is 2.08. The summed E-state index contributed by atoms with van der Waals surface area (Å²) in [5.74, 6) is -0.164. The van der Waals surface area contributed by atoms with Crippen LogP contribution in [0.2, 0.25) is 0 Å². The van der Waals surface area contributed by atoms with Gasteiger partial charge in [0.25, 0.3) is 5.91 Å². The number of thiophene rings is 1. The number of hydrogen-bond acceptors (Lipinski definition) is 6. The highest BCUT2D eigenvalue weighted by molar-refractivity contribution is 7.10. The van der Waals surface area contributed by atoms with E-state index in [9.17, 15) is 9.90 Å². The zero-order valence-corrected chi connectivity index (χ0v) is 12.7. The molecule has 1 amide bonds. The Bertz CT molecular complexity index is 740. The summed E-state index contributed by atoms with van der Waals surface area (Å²) in [5, 5.41) is 14.7. The maximum Gasteiger partial charge on any atom is 0.251 e. The van der Waals surface area contributed by atoms with Crippen molar-refractivity contribution in [2.24, 2.45) is 0 Å². The van der Waals surface area contributed by atoms with Crippen LogP contribution in [0.4, 0.5) is 0 Å². The zero-order valence-electron chi connectivity index (χ0n) is 11.0. The van der Waals surface area contributed by atoms with Crippen molar-refractivity contribution in [3.63, 3.8) is 0 Å². The highest BCUT2D eigenvalue weighted by Gasteiger charge is 2.11. The van der Waals surface area contributed by atoms with E-state index in [-0.39, 0.29) is 5.91 Å². The van der Waals surface area contributed by atoms with E-state index in [0.29, 0.717) is 18.5 Å². The Morgan fingerprint density at radius 1 is 1.29 bits per heavy atom. The molecule has 3 rings (SSSR count). The van der Waals surface area contributed by atoms with Gasteiger partial charge in [-0.25, -0.2) is 0 Å². The van der Waals surface area contributed by atoms with E-state index in [1.165, 1.54) is 11.3 Å². The summed E-state index contributed by atoms with van der Waals surface area (Å²) in [6.45, 7) is 0.422. The van der Waals surface area contributed by atoms with E-state index in [4.69, 9.17) is 0 Å². The number of nitrogens with one attached hydrogen (secondary N) is 1. The van der Waals surface area contributed by atoms with Gasteiger partial charge in [-0.15, -0.1) is 11.3 Å². The first-order valence-electron chi connectivity index (χ1n) is 6.46. The van der Waals surface area contributed by atoms with Crippen molar-refractivity contribution in [3.8, 4) is 0 Å². The van der Waals surface area contributed by atoms with E-state index in [1.807, 2.05) is 17.5 Å². The number of nitrogens with zero attached hydrogens (tertiary/aromatic N) is 2. The Kier molecular flexibility index (Phi) is 4.23. The second-order valence-electron chi connectivity index (χ2n) is 4.54. The molecule has 0 bridgehead atoms. The molecule has 2 heterocycles. The van der Waals surface area contributed by atoms with Crippen molar-refractivity contribution in [1.82, 2.24) is 14.1 Å². The van der Waals surface area contributed by atoms with Crippen LogP contribution in [0.25, 0.3) is 11.0 Å². The zero-order chi connectivity index (χ0) is 14.7. The largest absolute Gasteiger partial charge is 0.388 e. The lowest BCUT2D eigenvalue weighted by atomic mass is 10.1. The molecule has 0 radical (unpaired) electrons. The molecule has 0 aliphatic carbocycles. The monoisotopic (exact) mass is 319 g/mol. The first-order valence-corrected chi connectivity index (χ1v) is 8.07. The molecule has 0 saturated heterocycles. The highest BCUT2D eigenvalue weighted by atomic mass is 32.1. The molecule has 1 atom stereocenters. The van der Waals surface area contributed by atoms with Gasteiger partial charge in [0.05, 0.1) is 17.8 Å². The fourth-order valence-electron chi connectivity index (χ4n) is 1.97. The van der Waals surface area contributed by atoms with Crippen molar-refractivity contribution in [2.75, 3.05) is 6.54 Å². The van der Waals surface area contributed by atoms with Crippen molar-refractivity contribution >= 4 is 40.0 Å². The molecule has 2 aromatic heterocycles. The van der Waals surface area contributed by atoms with Crippen LogP contribution in [0.3, 0.4) is 0 Å². The lowest BCUT2D eigenvalue weighted by molar-refractivity contribution is 0.0943. The van der Waals surface area contributed by atoms with E-state index < -0.39 is 6.10 Å². The van der Waals surface area contributed by atoms with Crippen LogP contribution in [-0.4, -0.2) is 26.3 Å². The number of hydrogen-bond donors (Lipinski definition) is 2. The number of amides is 1. The molecule has 1 aromatic carbocycles. The Morgan fingerprint density at radius 2 is 2.14 bits per heavy atom. The van der Waals surface area contributed by atoms with E-state index >= 15 is 0 Å². The molecule has 7 heteroatoms. The van der Waals surface area contributed by atoms with Crippen LogP contribution in [0, 0.1) is 0 Å². The van der Waals surface area contributed by atoms with Gasteiger partial charge in [-0.2, -0.15) is 8.75 Å². The average molecular weight is 319 g/mol. The number of fused-ring (bicyclic) bond motifs is 1. The summed E-state index contributed by atoms with van der Waals surface area (Å²) in [6, 6.07) is 9.03. The minimum atomic E-state index is -0.532. The van der Waals surface area contributed by atoms with Crippen LogP contribution in [-0.2, 0) is 0 Å². The molecule has 2 N–H and O–H groups in total. The number of carbonyl (C=O) groups is 1. The van der Waals surface area contributed by atoms with Gasteiger partial charge < -0.3 is 10.4 Å². The number of benzene rings is 1. The predicted molar refractivity (Wildman–Crippen MR) is 83.6 cm³/mol. The fraction of sp³-hybridized carbons (Fsp3) is 0.214. The third kappa shape index (κ3) is 3.26. The van der Waals surface area contributed by atoms with Gasteiger partial charge in [0.1, 0.15) is 11.0 Å². The molecule has 108 valence electrons. The van der Waals surface area contributed by atoms with Gasteiger partial charge in [0, 0.05) is 17.0 Å². The third-order valence-corrected chi connectivity index (χ3v) is 4.62. The van der Waals surface area contributed by atoms with Crippen LogP contribution in [0.15, 0.2) is 35.7 Å². The number of carbonyl (C=O) groups excluding carboxylic acids is 1. The number of aromatic nitrogens is 2. The van der Waals surface area contributed by atoms with Gasteiger partial charge in [-0.05, 0) is 36.1 Å². The van der Waals surface area contributed by atoms with E-state index in [0.717, 1.165) is 27.6 Å². The van der Waals surface area contributed by atoms with Gasteiger partial charge in [0.2, 0.25) is 0 Å². The number of rotatable bonds is 5. The first-order chi connectivity index (χ1) is 10.2. The molecule has 3 aromatic rings. The summed E-state index contributed by atoms with van der Waals surface area (Å²) in [4.78, 5) is 13.0. The normalized spacial score (nSPS) is 12.4. The molecule has 0 fully saturated rings. The maximum absolute atomic E-state index is 12.0. The minimum Gasteiger partial charge on any atom is -0.388 e. The van der Waals surface area contributed by atoms with Gasteiger partial charge in [-0.3, -0.25) is 4.79 Å². The van der Waals surface area contributed by atoms with Crippen LogP contribution in [0.5, 0.6) is 0 Å². The smallest absolute Gasteiger partial charge is 0.251 e. The van der Waals surface area contributed by atoms with Crippen LogP contribution >= 0.6 is 23.1 Å². The Hall–Kier alpha value is -1.83. The highest BCUT2D eigenvalue weighted by Crippen LogP contribution is 2.21. The fourth-order valence-corrected chi connectivity index (χ4v) is 3.23. The Balaban J connectivity index is 1.56. The van der Waals surface area contributed by atoms with Crippen molar-refractivity contribution in [3.05, 3.63) is 46.2 Å². The van der Waals surface area contributed by atoms with Crippen LogP contribution in [0.1, 0.15) is 27.8 Å². The Morgan fingerprint density at radius 3 is 2.95 bits per heavy atom. The van der Waals surface area contributed by atoms with Crippen LogP contribution < -0.4 is 5.32 Å². The molecule has 0 spiro atoms. The topological polar surface area (TPSA) is 75.1 Å². The first kappa shape index (κ1) is 14.1.